The quantitative estimate of drug-likeness (QED) is 0.472. The summed E-state index contributed by atoms with van der Waals surface area (Å²) in [4.78, 5) is 26.6. The highest BCUT2D eigenvalue weighted by molar-refractivity contribution is 5.78. The maximum Gasteiger partial charge on any atom is 0.451 e. The normalized spacial score (nSPS) is 16.9. The Morgan fingerprint density at radius 3 is 2.36 bits per heavy atom. The molecule has 36 heavy (non-hydrogen) atoms. The van der Waals surface area contributed by atoms with Gasteiger partial charge in [0, 0.05) is 25.1 Å². The molecule has 1 aromatic carbocycles. The van der Waals surface area contributed by atoms with Crippen molar-refractivity contribution in [3.63, 3.8) is 0 Å². The van der Waals surface area contributed by atoms with Crippen molar-refractivity contribution in [3.8, 4) is 0 Å². The Kier molecular flexibility index (Phi) is 7.55. The monoisotopic (exact) mass is 521 g/mol. The van der Waals surface area contributed by atoms with Gasteiger partial charge in [-0.25, -0.2) is 18.0 Å². The van der Waals surface area contributed by atoms with Crippen molar-refractivity contribution in [3.05, 3.63) is 46.8 Å². The van der Waals surface area contributed by atoms with Gasteiger partial charge in [-0.3, -0.25) is 4.79 Å². The number of nitrogens with zero attached hydrogens (tertiary/aromatic N) is 4. The van der Waals surface area contributed by atoms with Gasteiger partial charge in [-0.1, -0.05) is 0 Å². The predicted molar refractivity (Wildman–Crippen MR) is 113 cm³/mol. The van der Waals surface area contributed by atoms with Crippen LogP contribution in [0.1, 0.15) is 57.4 Å². The minimum Gasteiger partial charge on any atom is -0.444 e. The Bertz CT molecular complexity index is 1140. The number of alkyl carbamates (subject to hydrolysis) is 1. The molecule has 0 bridgehead atoms. The van der Waals surface area contributed by atoms with Crippen molar-refractivity contribution in [2.45, 2.75) is 70.9 Å². The van der Waals surface area contributed by atoms with Crippen molar-refractivity contribution in [2.75, 3.05) is 6.54 Å². The molecule has 1 aliphatic rings. The Balaban J connectivity index is 1.80. The molecule has 1 N–H and O–H groups in total. The zero-order valence-electron chi connectivity index (χ0n) is 19.9. The number of ether oxygens (including phenoxy) is 1. The average Bonchev–Trinajstić information content (AvgIpc) is 3.15. The van der Waals surface area contributed by atoms with Crippen LogP contribution in [0.5, 0.6) is 0 Å². The molecule has 198 valence electrons. The molecule has 2 atom stereocenters. The molecule has 1 aliphatic heterocycles. The first-order chi connectivity index (χ1) is 16.5. The number of aromatic nitrogens is 3. The summed E-state index contributed by atoms with van der Waals surface area (Å²) in [7, 11) is 0. The summed E-state index contributed by atoms with van der Waals surface area (Å²) < 4.78 is 87.0. The predicted octanol–water partition coefficient (Wildman–Crippen LogP) is 4.14. The van der Waals surface area contributed by atoms with Gasteiger partial charge in [-0.15, -0.1) is 10.2 Å². The highest BCUT2D eigenvalue weighted by Crippen LogP contribution is 2.32. The Labute approximate surface area is 202 Å². The SMILES string of the molecule is C[C@@H]1CN(C(=O)C[C@@H](Cc2cc(F)c(F)cc2F)NC(=O)OC(C)(C)C)Cc2nnc(C(F)(F)F)n21. The van der Waals surface area contributed by atoms with E-state index < -0.39 is 65.6 Å². The number of rotatable bonds is 5. The summed E-state index contributed by atoms with van der Waals surface area (Å²) >= 11 is 0. The molecule has 0 aliphatic carbocycles. The summed E-state index contributed by atoms with van der Waals surface area (Å²) in [6, 6.07) is -0.921. The van der Waals surface area contributed by atoms with Crippen LogP contribution in [0.15, 0.2) is 12.1 Å². The van der Waals surface area contributed by atoms with E-state index >= 15 is 0 Å². The van der Waals surface area contributed by atoms with Crippen LogP contribution in [-0.2, 0) is 28.7 Å². The van der Waals surface area contributed by atoms with Gasteiger partial charge < -0.3 is 19.5 Å². The van der Waals surface area contributed by atoms with Crippen LogP contribution in [0.25, 0.3) is 0 Å². The number of halogens is 6. The molecule has 0 unspecified atom stereocenters. The van der Waals surface area contributed by atoms with Crippen LogP contribution in [0.2, 0.25) is 0 Å². The van der Waals surface area contributed by atoms with E-state index in [2.05, 4.69) is 15.5 Å². The van der Waals surface area contributed by atoms with Gasteiger partial charge in [-0.2, -0.15) is 13.2 Å². The Morgan fingerprint density at radius 2 is 1.75 bits per heavy atom. The number of alkyl halides is 3. The lowest BCUT2D eigenvalue weighted by Crippen LogP contribution is -2.46. The molecule has 2 aromatic rings. The van der Waals surface area contributed by atoms with Crippen molar-refractivity contribution in [1.29, 1.82) is 0 Å². The largest absolute Gasteiger partial charge is 0.451 e. The Hall–Kier alpha value is -3.32. The van der Waals surface area contributed by atoms with Gasteiger partial charge in [-0.05, 0) is 45.7 Å². The molecule has 2 amide bonds. The van der Waals surface area contributed by atoms with E-state index in [1.807, 2.05) is 0 Å². The van der Waals surface area contributed by atoms with Crippen LogP contribution >= 0.6 is 0 Å². The lowest BCUT2D eigenvalue weighted by molar-refractivity contribution is -0.149. The minimum atomic E-state index is -4.72. The number of carbonyl (C=O) groups excluding carboxylic acids is 2. The van der Waals surface area contributed by atoms with E-state index in [0.717, 1.165) is 4.57 Å². The fourth-order valence-corrected chi connectivity index (χ4v) is 3.89. The third-order valence-electron chi connectivity index (χ3n) is 5.33. The molecule has 0 spiro atoms. The number of fused-ring (bicyclic) bond motifs is 1. The number of carbonyl (C=O) groups is 2. The molecule has 0 saturated heterocycles. The summed E-state index contributed by atoms with van der Waals surface area (Å²) in [5.74, 6) is -5.61. The number of hydrogen-bond acceptors (Lipinski definition) is 5. The molecule has 14 heteroatoms. The van der Waals surface area contributed by atoms with Gasteiger partial charge in [0.05, 0.1) is 12.6 Å². The Morgan fingerprint density at radius 1 is 1.11 bits per heavy atom. The molecule has 0 fully saturated rings. The molecule has 3 rings (SSSR count). The summed E-state index contributed by atoms with van der Waals surface area (Å²) in [5, 5.41) is 9.19. The van der Waals surface area contributed by atoms with Crippen LogP contribution < -0.4 is 5.32 Å². The lowest BCUT2D eigenvalue weighted by Gasteiger charge is -2.33. The van der Waals surface area contributed by atoms with E-state index in [1.54, 1.807) is 20.8 Å². The van der Waals surface area contributed by atoms with Crippen molar-refractivity contribution in [1.82, 2.24) is 25.0 Å². The molecule has 0 saturated carbocycles. The summed E-state index contributed by atoms with van der Waals surface area (Å²) in [6.45, 7) is 5.89. The van der Waals surface area contributed by atoms with Gasteiger partial charge in [0.25, 0.3) is 0 Å². The standard InChI is InChI=1S/C22H25F6N5O3/c1-11-9-32(10-17-30-31-19(33(11)17)22(26,27)28)18(34)7-13(29-20(35)36-21(2,3)4)5-12-6-15(24)16(25)8-14(12)23/h6,8,11,13H,5,7,9-10H2,1-4H3,(H,29,35)/t11-,13-/m1/s1. The lowest BCUT2D eigenvalue weighted by atomic mass is 10.0. The second-order valence-electron chi connectivity index (χ2n) is 9.54. The highest BCUT2D eigenvalue weighted by Gasteiger charge is 2.42. The van der Waals surface area contributed by atoms with Crippen molar-refractivity contribution >= 4 is 12.0 Å². The van der Waals surface area contributed by atoms with E-state index in [4.69, 9.17) is 4.74 Å². The third kappa shape index (κ3) is 6.46. The van der Waals surface area contributed by atoms with E-state index in [1.165, 1.54) is 11.8 Å². The van der Waals surface area contributed by atoms with Crippen molar-refractivity contribution < 1.29 is 40.7 Å². The smallest absolute Gasteiger partial charge is 0.444 e. The highest BCUT2D eigenvalue weighted by atomic mass is 19.4. The second kappa shape index (κ2) is 9.97. The zero-order chi connectivity index (χ0) is 27.0. The summed E-state index contributed by atoms with van der Waals surface area (Å²) in [6.07, 6.45) is -6.45. The molecular weight excluding hydrogens is 496 g/mol. The van der Waals surface area contributed by atoms with Crippen LogP contribution in [0.4, 0.5) is 31.1 Å². The van der Waals surface area contributed by atoms with Crippen molar-refractivity contribution in [2.24, 2.45) is 0 Å². The molecule has 2 heterocycles. The number of nitrogens with one attached hydrogen (secondary N) is 1. The maximum absolute atomic E-state index is 14.3. The minimum absolute atomic E-state index is 0.0715. The zero-order valence-corrected chi connectivity index (χ0v) is 19.9. The van der Waals surface area contributed by atoms with Gasteiger partial charge in [0.2, 0.25) is 11.7 Å². The maximum atomic E-state index is 14.3. The number of benzene rings is 1. The number of hydrogen-bond donors (Lipinski definition) is 1. The van der Waals surface area contributed by atoms with E-state index in [-0.39, 0.29) is 30.9 Å². The van der Waals surface area contributed by atoms with Crippen LogP contribution in [0.3, 0.4) is 0 Å². The van der Waals surface area contributed by atoms with E-state index in [0.29, 0.717) is 12.1 Å². The van der Waals surface area contributed by atoms with Crippen LogP contribution in [-0.4, -0.2) is 49.9 Å². The van der Waals surface area contributed by atoms with E-state index in [9.17, 15) is 35.9 Å². The second-order valence-corrected chi connectivity index (χ2v) is 9.54. The average molecular weight is 521 g/mol. The topological polar surface area (TPSA) is 89.3 Å². The first kappa shape index (κ1) is 27.3. The molecule has 1 aromatic heterocycles. The fraction of sp³-hybridized carbons (Fsp3) is 0.545. The van der Waals surface area contributed by atoms with Gasteiger partial charge >= 0.3 is 12.3 Å². The van der Waals surface area contributed by atoms with Gasteiger partial charge in [0.15, 0.2) is 17.5 Å². The summed E-state index contributed by atoms with van der Waals surface area (Å²) in [5.41, 5.74) is -1.18. The molecule has 0 radical (unpaired) electrons. The first-order valence-electron chi connectivity index (χ1n) is 11.0. The molecule has 8 nitrogen and oxygen atoms in total. The molecular formula is C22H25F6N5O3. The van der Waals surface area contributed by atoms with Crippen LogP contribution in [0, 0.1) is 17.5 Å². The van der Waals surface area contributed by atoms with Gasteiger partial charge in [0.1, 0.15) is 11.4 Å². The number of amides is 2. The first-order valence-corrected chi connectivity index (χ1v) is 11.0. The fourth-order valence-electron chi connectivity index (χ4n) is 3.89. The third-order valence-corrected chi connectivity index (χ3v) is 5.33.